The third-order valence-electron chi connectivity index (χ3n) is 1.58. The molecule has 0 unspecified atom stereocenters. The third kappa shape index (κ3) is 5.27. The van der Waals surface area contributed by atoms with Gasteiger partial charge >= 0.3 is 0 Å². The Morgan fingerprint density at radius 2 is 1.90 bits per heavy atom. The van der Waals surface area contributed by atoms with Crippen LogP contribution in [0.15, 0.2) is 9.66 Å². The lowest BCUT2D eigenvalue weighted by Crippen LogP contribution is -1.81. The number of hydrogen-bond donors (Lipinski definition) is 0. The molecule has 0 atom stereocenters. The first-order chi connectivity index (χ1) is 4.85. The second-order valence-electron chi connectivity index (χ2n) is 2.62. The summed E-state index contributed by atoms with van der Waals surface area (Å²) in [7, 11) is 0. The first kappa shape index (κ1) is 10.5. The lowest BCUT2D eigenvalue weighted by Gasteiger charge is -2.01. The highest BCUT2D eigenvalue weighted by molar-refractivity contribution is 14.1. The van der Waals surface area contributed by atoms with Crippen molar-refractivity contribution >= 4 is 22.6 Å². The van der Waals surface area contributed by atoms with Crippen LogP contribution in [0.25, 0.3) is 0 Å². The van der Waals surface area contributed by atoms with Gasteiger partial charge in [-0.05, 0) is 23.3 Å². The van der Waals surface area contributed by atoms with Crippen molar-refractivity contribution < 1.29 is 0 Å². The minimum absolute atomic E-state index is 1.29. The fourth-order valence-electron chi connectivity index (χ4n) is 0.959. The van der Waals surface area contributed by atoms with Crippen molar-refractivity contribution in [3.05, 3.63) is 9.66 Å². The summed E-state index contributed by atoms with van der Waals surface area (Å²) in [6.07, 6.45) is 6.57. The fourth-order valence-corrected chi connectivity index (χ4v) is 1.58. The van der Waals surface area contributed by atoms with E-state index in [0.717, 1.165) is 0 Å². The molecule has 0 saturated carbocycles. The van der Waals surface area contributed by atoms with Gasteiger partial charge < -0.3 is 0 Å². The molecule has 0 amide bonds. The molecule has 0 saturated heterocycles. The van der Waals surface area contributed by atoms with Crippen molar-refractivity contribution in [2.24, 2.45) is 0 Å². The molecule has 0 aliphatic rings. The van der Waals surface area contributed by atoms with Crippen molar-refractivity contribution in [1.82, 2.24) is 0 Å². The number of unbranched alkanes of at least 4 members (excludes halogenated alkanes) is 1. The summed E-state index contributed by atoms with van der Waals surface area (Å²) in [5.74, 6) is 0. The van der Waals surface area contributed by atoms with Crippen molar-refractivity contribution in [2.75, 3.05) is 0 Å². The van der Waals surface area contributed by atoms with E-state index in [2.05, 4.69) is 40.5 Å². The van der Waals surface area contributed by atoms with E-state index >= 15 is 0 Å². The Labute approximate surface area is 78.2 Å². The highest BCUT2D eigenvalue weighted by Gasteiger charge is 1.93. The van der Waals surface area contributed by atoms with Crippen LogP contribution in [0.2, 0.25) is 0 Å². The Morgan fingerprint density at radius 3 is 2.30 bits per heavy atom. The van der Waals surface area contributed by atoms with Crippen LogP contribution >= 0.6 is 22.6 Å². The van der Waals surface area contributed by atoms with Crippen LogP contribution < -0.4 is 0 Å². The molecular weight excluding hydrogens is 235 g/mol. The average Bonchev–Trinajstić information content (AvgIpc) is 1.98. The molecule has 0 radical (unpaired) electrons. The topological polar surface area (TPSA) is 0 Å². The highest BCUT2D eigenvalue weighted by Crippen LogP contribution is 2.14. The Hall–Kier alpha value is 0.470. The van der Waals surface area contributed by atoms with Gasteiger partial charge in [0.15, 0.2) is 0 Å². The van der Waals surface area contributed by atoms with Crippen LogP contribution in [-0.4, -0.2) is 0 Å². The first-order valence-corrected chi connectivity index (χ1v) is 5.37. The monoisotopic (exact) mass is 252 g/mol. The molecule has 0 aliphatic carbocycles. The molecule has 60 valence electrons. The molecule has 0 rings (SSSR count). The lowest BCUT2D eigenvalue weighted by atomic mass is 10.1. The van der Waals surface area contributed by atoms with Crippen molar-refractivity contribution in [3.8, 4) is 0 Å². The maximum atomic E-state index is 2.35. The molecule has 0 N–H and O–H groups in total. The van der Waals surface area contributed by atoms with E-state index in [1.165, 1.54) is 32.1 Å². The molecule has 0 bridgehead atoms. The summed E-state index contributed by atoms with van der Waals surface area (Å²) < 4.78 is 2.25. The van der Waals surface area contributed by atoms with E-state index < -0.39 is 0 Å². The standard InChI is InChI=1S/C9H17I/c1-3-5-7-9(8-10)6-4-2/h8H,3-7H2,1-2H3/b9-8+. The van der Waals surface area contributed by atoms with Gasteiger partial charge in [-0.25, -0.2) is 0 Å². The smallest absolute Gasteiger partial charge is 0.0242 e. The SMILES string of the molecule is CCCC/C(=C/I)CCC. The zero-order chi connectivity index (χ0) is 7.82. The van der Waals surface area contributed by atoms with Crippen LogP contribution in [0.4, 0.5) is 0 Å². The third-order valence-corrected chi connectivity index (χ3v) is 2.46. The normalized spacial score (nSPS) is 12.1. The molecule has 0 fully saturated rings. The average molecular weight is 252 g/mol. The van der Waals surface area contributed by atoms with E-state index in [1.807, 2.05) is 0 Å². The van der Waals surface area contributed by atoms with Crippen LogP contribution in [0.3, 0.4) is 0 Å². The predicted molar refractivity (Wildman–Crippen MR) is 56.5 cm³/mol. The zero-order valence-electron chi connectivity index (χ0n) is 6.99. The van der Waals surface area contributed by atoms with E-state index in [9.17, 15) is 0 Å². The molecule has 0 heterocycles. The van der Waals surface area contributed by atoms with Crippen LogP contribution in [0, 0.1) is 0 Å². The van der Waals surface area contributed by atoms with Crippen LogP contribution in [0.5, 0.6) is 0 Å². The summed E-state index contributed by atoms with van der Waals surface area (Å²) in [5, 5.41) is 0. The van der Waals surface area contributed by atoms with Gasteiger partial charge in [0.25, 0.3) is 0 Å². The van der Waals surface area contributed by atoms with Crippen molar-refractivity contribution in [3.63, 3.8) is 0 Å². The van der Waals surface area contributed by atoms with Gasteiger partial charge in [0, 0.05) is 0 Å². The van der Waals surface area contributed by atoms with Crippen LogP contribution in [-0.2, 0) is 0 Å². The second-order valence-corrected chi connectivity index (χ2v) is 3.24. The molecule has 0 nitrogen and oxygen atoms in total. The zero-order valence-corrected chi connectivity index (χ0v) is 9.15. The molecule has 0 aromatic heterocycles. The molecule has 0 aromatic carbocycles. The number of halogens is 1. The quantitative estimate of drug-likeness (QED) is 0.640. The Balaban J connectivity index is 3.41. The van der Waals surface area contributed by atoms with Gasteiger partial charge in [-0.1, -0.05) is 54.9 Å². The fraction of sp³-hybridized carbons (Fsp3) is 0.778. The number of rotatable bonds is 5. The maximum Gasteiger partial charge on any atom is -0.0242 e. The van der Waals surface area contributed by atoms with Crippen LogP contribution in [0.1, 0.15) is 46.0 Å². The van der Waals surface area contributed by atoms with E-state index in [4.69, 9.17) is 0 Å². The highest BCUT2D eigenvalue weighted by atomic mass is 127. The van der Waals surface area contributed by atoms with Gasteiger partial charge in [0.1, 0.15) is 0 Å². The lowest BCUT2D eigenvalue weighted by molar-refractivity contribution is 0.745. The largest absolute Gasteiger partial charge is 0.0654 e. The van der Waals surface area contributed by atoms with E-state index in [-0.39, 0.29) is 0 Å². The summed E-state index contributed by atoms with van der Waals surface area (Å²) in [6, 6.07) is 0. The molecule has 0 spiro atoms. The first-order valence-electron chi connectivity index (χ1n) is 4.13. The number of allylic oxidation sites excluding steroid dienone is 1. The van der Waals surface area contributed by atoms with Crippen molar-refractivity contribution in [2.45, 2.75) is 46.0 Å². The molecule has 10 heavy (non-hydrogen) atoms. The summed E-state index contributed by atoms with van der Waals surface area (Å²) >= 11 is 2.35. The second kappa shape index (κ2) is 7.58. The molecular formula is C9H17I. The molecule has 0 aliphatic heterocycles. The van der Waals surface area contributed by atoms with Gasteiger partial charge in [0.05, 0.1) is 0 Å². The van der Waals surface area contributed by atoms with Gasteiger partial charge in [-0.15, -0.1) is 0 Å². The van der Waals surface area contributed by atoms with E-state index in [0.29, 0.717) is 0 Å². The predicted octanol–water partition coefficient (Wildman–Crippen LogP) is 4.30. The Bertz CT molecular complexity index is 94.9. The Kier molecular flexibility index (Phi) is 7.93. The minimum Gasteiger partial charge on any atom is -0.0654 e. The van der Waals surface area contributed by atoms with Gasteiger partial charge in [0.2, 0.25) is 0 Å². The van der Waals surface area contributed by atoms with Gasteiger partial charge in [-0.2, -0.15) is 0 Å². The van der Waals surface area contributed by atoms with Crippen molar-refractivity contribution in [1.29, 1.82) is 0 Å². The summed E-state index contributed by atoms with van der Waals surface area (Å²) in [4.78, 5) is 0. The Morgan fingerprint density at radius 1 is 1.20 bits per heavy atom. The molecule has 0 aromatic rings. The molecule has 1 heteroatoms. The summed E-state index contributed by atoms with van der Waals surface area (Å²) in [6.45, 7) is 4.49. The minimum atomic E-state index is 1.29. The van der Waals surface area contributed by atoms with E-state index in [1.54, 1.807) is 5.57 Å². The number of hydrogen-bond acceptors (Lipinski definition) is 0. The summed E-state index contributed by atoms with van der Waals surface area (Å²) in [5.41, 5.74) is 1.63. The maximum absolute atomic E-state index is 2.35. The van der Waals surface area contributed by atoms with Gasteiger partial charge in [-0.3, -0.25) is 0 Å².